The second kappa shape index (κ2) is 5.56. The van der Waals surface area contributed by atoms with Gasteiger partial charge in [-0.1, -0.05) is 15.9 Å². The average molecular weight is 410 g/mol. The van der Waals surface area contributed by atoms with Gasteiger partial charge in [0.05, 0.1) is 3.57 Å². The van der Waals surface area contributed by atoms with Crippen molar-refractivity contribution in [1.82, 2.24) is 4.90 Å². The van der Waals surface area contributed by atoms with Crippen LogP contribution in [-0.4, -0.2) is 34.3 Å². The minimum atomic E-state index is 0.0140. The van der Waals surface area contributed by atoms with Crippen molar-refractivity contribution in [3.63, 3.8) is 0 Å². The number of nitrogens with zero attached hydrogens (tertiary/aromatic N) is 1. The van der Waals surface area contributed by atoms with Crippen molar-refractivity contribution in [2.24, 2.45) is 5.92 Å². The molecule has 1 aliphatic heterocycles. The second-order valence-corrected chi connectivity index (χ2v) is 6.04. The lowest BCUT2D eigenvalue weighted by Crippen LogP contribution is -2.28. The lowest BCUT2D eigenvalue weighted by Gasteiger charge is -2.16. The van der Waals surface area contributed by atoms with Gasteiger partial charge in [0.1, 0.15) is 5.75 Å². The third-order valence-electron chi connectivity index (χ3n) is 2.98. The number of alkyl halides is 1. The maximum atomic E-state index is 12.2. The summed E-state index contributed by atoms with van der Waals surface area (Å²) in [4.78, 5) is 14.0. The highest BCUT2D eigenvalue weighted by Gasteiger charge is 2.26. The van der Waals surface area contributed by atoms with Crippen LogP contribution in [0.3, 0.4) is 0 Å². The van der Waals surface area contributed by atoms with Gasteiger partial charge in [0.2, 0.25) is 0 Å². The number of hydrogen-bond acceptors (Lipinski definition) is 2. The van der Waals surface area contributed by atoms with Gasteiger partial charge >= 0.3 is 0 Å². The summed E-state index contributed by atoms with van der Waals surface area (Å²) >= 11 is 5.49. The fourth-order valence-corrected chi connectivity index (χ4v) is 2.84. The van der Waals surface area contributed by atoms with Crippen molar-refractivity contribution in [3.8, 4) is 5.75 Å². The molecule has 3 nitrogen and oxygen atoms in total. The van der Waals surface area contributed by atoms with E-state index < -0.39 is 0 Å². The Kier molecular flexibility index (Phi) is 4.30. The van der Waals surface area contributed by atoms with Crippen molar-refractivity contribution in [2.75, 3.05) is 18.4 Å². The minimum Gasteiger partial charge on any atom is -0.507 e. The van der Waals surface area contributed by atoms with Gasteiger partial charge in [0.15, 0.2) is 0 Å². The Bertz CT molecular complexity index is 439. The van der Waals surface area contributed by atoms with Crippen molar-refractivity contribution in [2.45, 2.75) is 6.42 Å². The molecular formula is C12H13BrINO2. The number of carbonyl (C=O) groups excluding carboxylic acids is 1. The molecule has 0 spiro atoms. The van der Waals surface area contributed by atoms with E-state index >= 15 is 0 Å². The number of carbonyl (C=O) groups is 1. The van der Waals surface area contributed by atoms with E-state index in [1.54, 1.807) is 18.2 Å². The molecule has 1 saturated heterocycles. The highest BCUT2D eigenvalue weighted by Crippen LogP contribution is 2.24. The fraction of sp³-hybridized carbons (Fsp3) is 0.417. The van der Waals surface area contributed by atoms with E-state index in [1.165, 1.54) is 0 Å². The number of phenols is 1. The van der Waals surface area contributed by atoms with E-state index in [4.69, 9.17) is 0 Å². The number of benzene rings is 1. The molecule has 1 aliphatic rings. The van der Waals surface area contributed by atoms with Crippen LogP contribution in [0.15, 0.2) is 18.2 Å². The van der Waals surface area contributed by atoms with Gasteiger partial charge in [-0.3, -0.25) is 4.79 Å². The van der Waals surface area contributed by atoms with Crippen molar-refractivity contribution >= 4 is 44.4 Å². The summed E-state index contributed by atoms with van der Waals surface area (Å²) in [7, 11) is 0. The Balaban J connectivity index is 2.12. The van der Waals surface area contributed by atoms with Crippen LogP contribution in [0, 0.1) is 9.49 Å². The van der Waals surface area contributed by atoms with Crippen LogP contribution in [0.2, 0.25) is 0 Å². The first kappa shape index (κ1) is 13.1. The molecule has 1 amide bonds. The first-order valence-electron chi connectivity index (χ1n) is 5.45. The molecule has 92 valence electrons. The third-order valence-corrected chi connectivity index (χ3v) is 4.81. The summed E-state index contributed by atoms with van der Waals surface area (Å²) in [6.07, 6.45) is 1.05. The lowest BCUT2D eigenvalue weighted by molar-refractivity contribution is 0.0788. The molecule has 1 N–H and O–H groups in total. The van der Waals surface area contributed by atoms with E-state index in [-0.39, 0.29) is 11.7 Å². The summed E-state index contributed by atoms with van der Waals surface area (Å²) in [5, 5.41) is 10.5. The lowest BCUT2D eigenvalue weighted by atomic mass is 10.1. The summed E-state index contributed by atoms with van der Waals surface area (Å²) < 4.78 is 0.763. The van der Waals surface area contributed by atoms with Gasteiger partial charge in [-0.2, -0.15) is 0 Å². The Morgan fingerprint density at radius 3 is 2.94 bits per heavy atom. The van der Waals surface area contributed by atoms with Gasteiger partial charge in [0.25, 0.3) is 5.91 Å². The topological polar surface area (TPSA) is 40.5 Å². The Labute approximate surface area is 122 Å². The van der Waals surface area contributed by atoms with Crippen LogP contribution in [0.25, 0.3) is 0 Å². The molecule has 1 unspecified atom stereocenters. The van der Waals surface area contributed by atoms with Gasteiger partial charge in [-0.25, -0.2) is 0 Å². The zero-order chi connectivity index (χ0) is 12.4. The summed E-state index contributed by atoms with van der Waals surface area (Å²) in [5.74, 6) is 0.740. The molecule has 0 bridgehead atoms. The maximum Gasteiger partial charge on any atom is 0.253 e. The quantitative estimate of drug-likeness (QED) is 0.602. The Morgan fingerprint density at radius 2 is 2.35 bits per heavy atom. The summed E-state index contributed by atoms with van der Waals surface area (Å²) in [6.45, 7) is 1.61. The maximum absolute atomic E-state index is 12.2. The van der Waals surface area contributed by atoms with Crippen LogP contribution in [-0.2, 0) is 0 Å². The van der Waals surface area contributed by atoms with Gasteiger partial charge in [0, 0.05) is 24.0 Å². The van der Waals surface area contributed by atoms with Crippen LogP contribution in [0.4, 0.5) is 0 Å². The van der Waals surface area contributed by atoms with E-state index in [0.29, 0.717) is 11.5 Å². The normalized spacial score (nSPS) is 19.6. The molecule has 0 aliphatic carbocycles. The van der Waals surface area contributed by atoms with E-state index in [9.17, 15) is 9.90 Å². The first-order chi connectivity index (χ1) is 8.11. The molecule has 0 aromatic heterocycles. The number of phenolic OH excluding ortho intramolecular Hbond substituents is 1. The SMILES string of the molecule is O=C(c1ccc(I)c(O)c1)N1CCC(CBr)C1. The molecule has 1 aromatic rings. The molecule has 1 heterocycles. The van der Waals surface area contributed by atoms with Crippen LogP contribution >= 0.6 is 38.5 Å². The monoisotopic (exact) mass is 409 g/mol. The van der Waals surface area contributed by atoms with Gasteiger partial charge in [-0.05, 0) is 53.1 Å². The van der Waals surface area contributed by atoms with Crippen molar-refractivity contribution < 1.29 is 9.90 Å². The highest BCUT2D eigenvalue weighted by atomic mass is 127. The first-order valence-corrected chi connectivity index (χ1v) is 7.65. The number of hydrogen-bond donors (Lipinski definition) is 1. The second-order valence-electron chi connectivity index (χ2n) is 4.23. The zero-order valence-electron chi connectivity index (χ0n) is 9.20. The number of halogens is 2. The third kappa shape index (κ3) is 2.93. The van der Waals surface area contributed by atoms with Crippen molar-refractivity contribution in [1.29, 1.82) is 0 Å². The Morgan fingerprint density at radius 1 is 1.59 bits per heavy atom. The average Bonchev–Trinajstić information content (AvgIpc) is 2.80. The molecule has 17 heavy (non-hydrogen) atoms. The van der Waals surface area contributed by atoms with E-state index in [0.717, 1.165) is 28.4 Å². The zero-order valence-corrected chi connectivity index (χ0v) is 12.9. The fourth-order valence-electron chi connectivity index (χ4n) is 1.97. The largest absolute Gasteiger partial charge is 0.507 e. The summed E-state index contributed by atoms with van der Waals surface area (Å²) in [5.41, 5.74) is 0.568. The van der Waals surface area contributed by atoms with Crippen LogP contribution in [0.5, 0.6) is 5.75 Å². The number of likely N-dealkylation sites (tertiary alicyclic amines) is 1. The van der Waals surface area contributed by atoms with Gasteiger partial charge in [-0.15, -0.1) is 0 Å². The number of rotatable bonds is 2. The molecular weight excluding hydrogens is 397 g/mol. The molecule has 1 atom stereocenters. The van der Waals surface area contributed by atoms with Crippen LogP contribution < -0.4 is 0 Å². The predicted molar refractivity (Wildman–Crippen MR) is 78.6 cm³/mol. The molecule has 5 heteroatoms. The molecule has 1 fully saturated rings. The van der Waals surface area contributed by atoms with Gasteiger partial charge < -0.3 is 10.0 Å². The molecule has 2 rings (SSSR count). The Hall–Kier alpha value is -0.300. The standard InChI is InChI=1S/C12H13BrINO2/c13-6-8-3-4-15(7-8)12(17)9-1-2-10(14)11(16)5-9/h1-2,5,8,16H,3-4,6-7H2. The highest BCUT2D eigenvalue weighted by molar-refractivity contribution is 14.1. The molecule has 1 aromatic carbocycles. The smallest absolute Gasteiger partial charge is 0.253 e. The summed E-state index contributed by atoms with van der Waals surface area (Å²) in [6, 6.07) is 5.08. The molecule has 0 radical (unpaired) electrons. The number of amides is 1. The minimum absolute atomic E-state index is 0.0140. The predicted octanol–water partition coefficient (Wildman–Crippen LogP) is 2.85. The van der Waals surface area contributed by atoms with Crippen molar-refractivity contribution in [3.05, 3.63) is 27.3 Å². The molecule has 0 saturated carbocycles. The number of aromatic hydroxyl groups is 1. The van der Waals surface area contributed by atoms with E-state index in [2.05, 4.69) is 15.9 Å². The van der Waals surface area contributed by atoms with Crippen LogP contribution in [0.1, 0.15) is 16.8 Å². The van der Waals surface area contributed by atoms with E-state index in [1.807, 2.05) is 27.5 Å².